The lowest BCUT2D eigenvalue weighted by Crippen LogP contribution is -2.38. The maximum absolute atomic E-state index is 14.3. The molecule has 0 aliphatic heterocycles. The molecule has 0 saturated heterocycles. The second-order valence-corrected chi connectivity index (χ2v) is 7.99. The number of aliphatic carboxylic acids is 1. The van der Waals surface area contributed by atoms with Gasteiger partial charge in [0.15, 0.2) is 0 Å². The Bertz CT molecular complexity index is 1230. The van der Waals surface area contributed by atoms with Crippen LogP contribution < -0.4 is 5.32 Å². The maximum Gasteiger partial charge on any atom is 0.411 e. The van der Waals surface area contributed by atoms with E-state index in [1.807, 2.05) is 48.5 Å². The highest BCUT2D eigenvalue weighted by molar-refractivity contribution is 5.98. The zero-order valence-electron chi connectivity index (χ0n) is 18.6. The number of carboxylic acids is 1. The Labute approximate surface area is 200 Å². The number of nitrogens with one attached hydrogen (secondary N) is 1. The molecule has 0 fully saturated rings. The average molecular weight is 478 g/mol. The number of anilines is 1. The van der Waals surface area contributed by atoms with Crippen LogP contribution in [0.1, 0.15) is 27.4 Å². The Kier molecular flexibility index (Phi) is 7.07. The number of hydrogen-bond donors (Lipinski definition) is 3. The monoisotopic (exact) mass is 478 g/mol. The SMILES string of the molecule is O=C(O)CN(CCO)C(=O)c1cc(NC(=O)OCC2c3ccccc3-c3ccccc32)ccc1F. The number of amides is 2. The summed E-state index contributed by atoms with van der Waals surface area (Å²) in [4.78, 5) is 37.0. The Hall–Kier alpha value is -4.24. The third kappa shape index (κ3) is 5.15. The molecule has 0 atom stereocenters. The number of benzene rings is 3. The minimum absolute atomic E-state index is 0.0791. The minimum atomic E-state index is -1.31. The number of fused-ring (bicyclic) bond motifs is 3. The van der Waals surface area contributed by atoms with E-state index in [-0.39, 0.29) is 24.8 Å². The molecule has 2 amide bonds. The van der Waals surface area contributed by atoms with E-state index in [4.69, 9.17) is 14.9 Å². The molecule has 0 spiro atoms. The fraction of sp³-hybridized carbons (Fsp3) is 0.192. The Morgan fingerprint density at radius 3 is 2.20 bits per heavy atom. The van der Waals surface area contributed by atoms with E-state index < -0.39 is 42.5 Å². The number of carboxylic acid groups (broad SMARTS) is 1. The molecule has 0 saturated carbocycles. The summed E-state index contributed by atoms with van der Waals surface area (Å²) < 4.78 is 19.8. The van der Waals surface area contributed by atoms with Gasteiger partial charge in [-0.1, -0.05) is 48.5 Å². The molecule has 1 aliphatic rings. The van der Waals surface area contributed by atoms with Gasteiger partial charge >= 0.3 is 12.1 Å². The molecule has 1 aliphatic carbocycles. The lowest BCUT2D eigenvalue weighted by atomic mass is 9.98. The predicted molar refractivity (Wildman–Crippen MR) is 126 cm³/mol. The molecule has 8 nitrogen and oxygen atoms in total. The Balaban J connectivity index is 1.46. The number of ether oxygens (including phenoxy) is 1. The summed E-state index contributed by atoms with van der Waals surface area (Å²) in [5.41, 5.74) is 3.96. The van der Waals surface area contributed by atoms with Gasteiger partial charge in [-0.2, -0.15) is 0 Å². The molecule has 0 bridgehead atoms. The molecule has 9 heteroatoms. The fourth-order valence-corrected chi connectivity index (χ4v) is 4.23. The highest BCUT2D eigenvalue weighted by Gasteiger charge is 2.29. The molecule has 3 N–H and O–H groups in total. The highest BCUT2D eigenvalue weighted by Crippen LogP contribution is 2.44. The van der Waals surface area contributed by atoms with E-state index in [0.717, 1.165) is 39.3 Å². The topological polar surface area (TPSA) is 116 Å². The van der Waals surface area contributed by atoms with Crippen molar-refractivity contribution < 1.29 is 33.7 Å². The molecule has 0 radical (unpaired) electrons. The summed E-state index contributed by atoms with van der Waals surface area (Å²) in [5.74, 6) is -3.25. The zero-order chi connectivity index (χ0) is 24.9. The van der Waals surface area contributed by atoms with Crippen molar-refractivity contribution in [3.63, 3.8) is 0 Å². The van der Waals surface area contributed by atoms with Crippen molar-refractivity contribution in [3.05, 3.63) is 89.2 Å². The molecule has 0 heterocycles. The summed E-state index contributed by atoms with van der Waals surface area (Å²) in [7, 11) is 0. The number of aliphatic hydroxyl groups excluding tert-OH is 1. The fourth-order valence-electron chi connectivity index (χ4n) is 4.23. The normalized spacial score (nSPS) is 11.9. The summed E-state index contributed by atoms with van der Waals surface area (Å²) >= 11 is 0. The molecule has 4 rings (SSSR count). The smallest absolute Gasteiger partial charge is 0.411 e. The first kappa shape index (κ1) is 23.9. The third-order valence-corrected chi connectivity index (χ3v) is 5.77. The summed E-state index contributed by atoms with van der Waals surface area (Å²) in [5, 5.41) is 20.6. The van der Waals surface area contributed by atoms with Crippen LogP contribution in [0.2, 0.25) is 0 Å². The van der Waals surface area contributed by atoms with Gasteiger partial charge in [-0.25, -0.2) is 9.18 Å². The van der Waals surface area contributed by atoms with Gasteiger partial charge in [0.25, 0.3) is 5.91 Å². The zero-order valence-corrected chi connectivity index (χ0v) is 18.6. The van der Waals surface area contributed by atoms with Crippen LogP contribution in [-0.4, -0.2) is 59.4 Å². The molecule has 35 heavy (non-hydrogen) atoms. The van der Waals surface area contributed by atoms with Crippen molar-refractivity contribution in [2.45, 2.75) is 5.92 Å². The lowest BCUT2D eigenvalue weighted by Gasteiger charge is -2.20. The summed E-state index contributed by atoms with van der Waals surface area (Å²) in [6, 6.07) is 19.2. The number of hydrogen-bond acceptors (Lipinski definition) is 5. The number of halogens is 1. The number of carbonyl (C=O) groups excluding carboxylic acids is 2. The van der Waals surface area contributed by atoms with Gasteiger partial charge in [-0.15, -0.1) is 0 Å². The van der Waals surface area contributed by atoms with Gasteiger partial charge < -0.3 is 19.8 Å². The van der Waals surface area contributed by atoms with E-state index in [1.54, 1.807) is 0 Å². The maximum atomic E-state index is 14.3. The first-order valence-corrected chi connectivity index (χ1v) is 10.9. The first-order chi connectivity index (χ1) is 16.9. The van der Waals surface area contributed by atoms with E-state index in [9.17, 15) is 18.8 Å². The van der Waals surface area contributed by atoms with Crippen LogP contribution >= 0.6 is 0 Å². The highest BCUT2D eigenvalue weighted by atomic mass is 19.1. The molecule has 0 aromatic heterocycles. The van der Waals surface area contributed by atoms with Crippen LogP contribution in [0.3, 0.4) is 0 Å². The Morgan fingerprint density at radius 2 is 1.60 bits per heavy atom. The first-order valence-electron chi connectivity index (χ1n) is 10.9. The van der Waals surface area contributed by atoms with E-state index in [0.29, 0.717) is 0 Å². The minimum Gasteiger partial charge on any atom is -0.480 e. The van der Waals surface area contributed by atoms with Crippen LogP contribution in [0, 0.1) is 5.82 Å². The van der Waals surface area contributed by atoms with E-state index in [1.165, 1.54) is 6.07 Å². The molecule has 3 aromatic rings. The Morgan fingerprint density at radius 1 is 0.971 bits per heavy atom. The molecule has 0 unspecified atom stereocenters. The van der Waals surface area contributed by atoms with Gasteiger partial charge in [-0.3, -0.25) is 14.9 Å². The summed E-state index contributed by atoms with van der Waals surface area (Å²) in [6.45, 7) is -1.40. The second kappa shape index (κ2) is 10.4. The second-order valence-electron chi connectivity index (χ2n) is 7.99. The molecular weight excluding hydrogens is 455 g/mol. The number of nitrogens with zero attached hydrogens (tertiary/aromatic N) is 1. The van der Waals surface area contributed by atoms with Crippen molar-refractivity contribution in [3.8, 4) is 11.1 Å². The average Bonchev–Trinajstić information content (AvgIpc) is 3.17. The van der Waals surface area contributed by atoms with Gasteiger partial charge in [0, 0.05) is 18.2 Å². The number of carbonyl (C=O) groups is 3. The van der Waals surface area contributed by atoms with Crippen molar-refractivity contribution >= 4 is 23.7 Å². The van der Waals surface area contributed by atoms with Crippen molar-refractivity contribution in [1.29, 1.82) is 0 Å². The molecule has 180 valence electrons. The van der Waals surface area contributed by atoms with Crippen LogP contribution in [0.25, 0.3) is 11.1 Å². The largest absolute Gasteiger partial charge is 0.480 e. The molecule has 3 aromatic carbocycles. The molecular formula is C26H23FN2O6. The van der Waals surface area contributed by atoms with Gasteiger partial charge in [0.2, 0.25) is 0 Å². The van der Waals surface area contributed by atoms with Gasteiger partial charge in [0.1, 0.15) is 19.0 Å². The van der Waals surface area contributed by atoms with Crippen LogP contribution in [-0.2, 0) is 9.53 Å². The van der Waals surface area contributed by atoms with Crippen LogP contribution in [0.4, 0.5) is 14.9 Å². The standard InChI is InChI=1S/C26H23FN2O6/c27-23-10-9-16(13-21(23)25(33)29(11-12-30)14-24(31)32)28-26(34)35-15-22-19-7-3-1-5-17(19)18-6-2-4-8-20(18)22/h1-10,13,22,30H,11-12,14-15H2,(H,28,34)(H,31,32). The van der Waals surface area contributed by atoms with E-state index in [2.05, 4.69) is 5.32 Å². The van der Waals surface area contributed by atoms with E-state index >= 15 is 0 Å². The van der Waals surface area contributed by atoms with Crippen LogP contribution in [0.15, 0.2) is 66.7 Å². The van der Waals surface area contributed by atoms with Gasteiger partial charge in [-0.05, 0) is 40.5 Å². The third-order valence-electron chi connectivity index (χ3n) is 5.77. The van der Waals surface area contributed by atoms with Crippen molar-refractivity contribution in [2.24, 2.45) is 0 Å². The lowest BCUT2D eigenvalue weighted by molar-refractivity contribution is -0.137. The van der Waals surface area contributed by atoms with Crippen molar-refractivity contribution in [1.82, 2.24) is 4.90 Å². The predicted octanol–water partition coefficient (Wildman–Crippen LogP) is 3.71. The van der Waals surface area contributed by atoms with Crippen molar-refractivity contribution in [2.75, 3.05) is 31.6 Å². The quantitative estimate of drug-likeness (QED) is 0.455. The number of rotatable bonds is 8. The summed E-state index contributed by atoms with van der Waals surface area (Å²) in [6.07, 6.45) is -0.783. The van der Waals surface area contributed by atoms with Crippen LogP contribution in [0.5, 0.6) is 0 Å². The van der Waals surface area contributed by atoms with Gasteiger partial charge in [0.05, 0.1) is 12.2 Å². The number of aliphatic hydroxyl groups is 1.